The standard InChI is InChI=1S/C11H11Cl2N3O/c1-3-5-7(4-2)14-11(17)8-6-9(12)15-16-10(8)13/h1,6-7H,4-5H2,2H3,(H,14,17). The summed E-state index contributed by atoms with van der Waals surface area (Å²) in [5, 5.41) is 9.98. The topological polar surface area (TPSA) is 54.9 Å². The molecular weight excluding hydrogens is 261 g/mol. The Morgan fingerprint density at radius 1 is 1.59 bits per heavy atom. The highest BCUT2D eigenvalue weighted by Crippen LogP contribution is 2.15. The zero-order valence-electron chi connectivity index (χ0n) is 9.20. The van der Waals surface area contributed by atoms with E-state index in [1.807, 2.05) is 6.92 Å². The van der Waals surface area contributed by atoms with Crippen LogP contribution >= 0.6 is 23.2 Å². The maximum atomic E-state index is 11.9. The molecule has 6 heteroatoms. The number of nitrogens with one attached hydrogen (secondary N) is 1. The summed E-state index contributed by atoms with van der Waals surface area (Å²) in [6, 6.07) is 1.28. The third-order valence-electron chi connectivity index (χ3n) is 2.16. The van der Waals surface area contributed by atoms with Gasteiger partial charge in [-0.1, -0.05) is 30.1 Å². The molecule has 1 N–H and O–H groups in total. The van der Waals surface area contributed by atoms with Gasteiger partial charge in [-0.05, 0) is 12.5 Å². The number of carbonyl (C=O) groups excluding carboxylic acids is 1. The van der Waals surface area contributed by atoms with Crippen molar-refractivity contribution in [2.45, 2.75) is 25.8 Å². The van der Waals surface area contributed by atoms with E-state index in [2.05, 4.69) is 21.4 Å². The Kier molecular flexibility index (Phi) is 5.20. The van der Waals surface area contributed by atoms with Crippen molar-refractivity contribution in [2.24, 2.45) is 0 Å². The smallest absolute Gasteiger partial charge is 0.254 e. The summed E-state index contributed by atoms with van der Waals surface area (Å²) in [5.74, 6) is 2.15. The van der Waals surface area contributed by atoms with E-state index in [4.69, 9.17) is 29.6 Å². The van der Waals surface area contributed by atoms with Crippen molar-refractivity contribution in [1.82, 2.24) is 15.5 Å². The highest BCUT2D eigenvalue weighted by Gasteiger charge is 2.16. The molecule has 1 aromatic heterocycles. The van der Waals surface area contributed by atoms with E-state index in [9.17, 15) is 4.79 Å². The lowest BCUT2D eigenvalue weighted by atomic mass is 10.1. The van der Waals surface area contributed by atoms with Gasteiger partial charge >= 0.3 is 0 Å². The van der Waals surface area contributed by atoms with Gasteiger partial charge in [-0.15, -0.1) is 22.5 Å². The second kappa shape index (κ2) is 6.43. The first kappa shape index (κ1) is 13.8. The Labute approximate surface area is 110 Å². The van der Waals surface area contributed by atoms with E-state index in [1.54, 1.807) is 0 Å². The lowest BCUT2D eigenvalue weighted by molar-refractivity contribution is 0.0936. The molecule has 1 rings (SSSR count). The average molecular weight is 272 g/mol. The summed E-state index contributed by atoms with van der Waals surface area (Å²) >= 11 is 11.4. The molecule has 0 radical (unpaired) electrons. The lowest BCUT2D eigenvalue weighted by Crippen LogP contribution is -2.34. The van der Waals surface area contributed by atoms with Crippen LogP contribution in [-0.4, -0.2) is 22.1 Å². The Morgan fingerprint density at radius 2 is 2.29 bits per heavy atom. The molecule has 0 aliphatic carbocycles. The molecule has 1 aromatic rings. The highest BCUT2D eigenvalue weighted by atomic mass is 35.5. The molecule has 0 aliphatic rings. The van der Waals surface area contributed by atoms with Crippen molar-refractivity contribution in [3.05, 3.63) is 21.9 Å². The first-order valence-electron chi connectivity index (χ1n) is 5.01. The zero-order chi connectivity index (χ0) is 12.8. The summed E-state index contributed by atoms with van der Waals surface area (Å²) in [7, 11) is 0. The van der Waals surface area contributed by atoms with Crippen molar-refractivity contribution in [3.63, 3.8) is 0 Å². The molecule has 1 atom stereocenters. The number of amides is 1. The monoisotopic (exact) mass is 271 g/mol. The van der Waals surface area contributed by atoms with Crippen molar-refractivity contribution in [1.29, 1.82) is 0 Å². The van der Waals surface area contributed by atoms with Gasteiger partial charge in [0.25, 0.3) is 5.91 Å². The number of halogens is 2. The molecule has 0 aromatic carbocycles. The minimum Gasteiger partial charge on any atom is -0.348 e. The van der Waals surface area contributed by atoms with Crippen LogP contribution in [0.5, 0.6) is 0 Å². The molecule has 1 amide bonds. The Hall–Kier alpha value is -1.31. The van der Waals surface area contributed by atoms with Crippen LogP contribution < -0.4 is 5.32 Å². The van der Waals surface area contributed by atoms with Crippen LogP contribution in [-0.2, 0) is 0 Å². The first-order chi connectivity index (χ1) is 8.08. The van der Waals surface area contributed by atoms with Gasteiger partial charge in [0.15, 0.2) is 10.3 Å². The molecule has 1 unspecified atom stereocenters. The van der Waals surface area contributed by atoms with E-state index in [1.165, 1.54) is 6.07 Å². The van der Waals surface area contributed by atoms with Gasteiger partial charge in [-0.3, -0.25) is 4.79 Å². The molecule has 0 spiro atoms. The van der Waals surface area contributed by atoms with Crippen molar-refractivity contribution >= 4 is 29.1 Å². The zero-order valence-corrected chi connectivity index (χ0v) is 10.7. The van der Waals surface area contributed by atoms with Crippen molar-refractivity contribution in [2.75, 3.05) is 0 Å². The van der Waals surface area contributed by atoms with Crippen molar-refractivity contribution < 1.29 is 4.79 Å². The average Bonchev–Trinajstić information content (AvgIpc) is 2.31. The van der Waals surface area contributed by atoms with Crippen molar-refractivity contribution in [3.8, 4) is 12.3 Å². The quantitative estimate of drug-likeness (QED) is 0.856. The maximum absolute atomic E-state index is 11.9. The van der Waals surface area contributed by atoms with E-state index in [0.29, 0.717) is 6.42 Å². The minimum absolute atomic E-state index is 0.0162. The Morgan fingerprint density at radius 3 is 2.88 bits per heavy atom. The number of nitrogens with zero attached hydrogens (tertiary/aromatic N) is 2. The highest BCUT2D eigenvalue weighted by molar-refractivity contribution is 6.34. The molecule has 90 valence electrons. The van der Waals surface area contributed by atoms with Gasteiger partial charge in [0.05, 0.1) is 5.56 Å². The van der Waals surface area contributed by atoms with Crippen LogP contribution in [0.25, 0.3) is 0 Å². The third kappa shape index (κ3) is 3.88. The van der Waals surface area contributed by atoms with Crippen LogP contribution in [0.3, 0.4) is 0 Å². The summed E-state index contributed by atoms with van der Waals surface area (Å²) in [6.07, 6.45) is 6.40. The molecule has 0 fully saturated rings. The van der Waals surface area contributed by atoms with Crippen LogP contribution in [0.1, 0.15) is 30.1 Å². The summed E-state index contributed by atoms with van der Waals surface area (Å²) in [4.78, 5) is 11.9. The number of hydrogen-bond donors (Lipinski definition) is 1. The maximum Gasteiger partial charge on any atom is 0.254 e. The van der Waals surface area contributed by atoms with Gasteiger partial charge in [0, 0.05) is 12.5 Å². The van der Waals surface area contributed by atoms with Crippen LogP contribution in [0.15, 0.2) is 6.07 Å². The van der Waals surface area contributed by atoms with Crippen LogP contribution in [0, 0.1) is 12.3 Å². The summed E-state index contributed by atoms with van der Waals surface area (Å²) in [6.45, 7) is 1.93. The number of hydrogen-bond acceptors (Lipinski definition) is 3. The normalized spacial score (nSPS) is 11.6. The fourth-order valence-electron chi connectivity index (χ4n) is 1.22. The van der Waals surface area contributed by atoms with Gasteiger partial charge in [-0.2, -0.15) is 0 Å². The number of aromatic nitrogens is 2. The molecule has 4 nitrogen and oxygen atoms in total. The third-order valence-corrected chi connectivity index (χ3v) is 2.62. The second-order valence-corrected chi connectivity index (χ2v) is 4.10. The largest absolute Gasteiger partial charge is 0.348 e. The molecular formula is C11H11Cl2N3O. The fourth-order valence-corrected chi connectivity index (χ4v) is 1.54. The number of terminal acetylenes is 1. The molecule has 0 saturated carbocycles. The predicted octanol–water partition coefficient (Wildman–Crippen LogP) is 2.32. The van der Waals surface area contributed by atoms with Crippen LogP contribution in [0.2, 0.25) is 10.3 Å². The van der Waals surface area contributed by atoms with Gasteiger partial charge < -0.3 is 5.32 Å². The number of carbonyl (C=O) groups is 1. The van der Waals surface area contributed by atoms with Gasteiger partial charge in [0.1, 0.15) is 0 Å². The summed E-state index contributed by atoms with van der Waals surface area (Å²) < 4.78 is 0. The second-order valence-electron chi connectivity index (χ2n) is 3.36. The SMILES string of the molecule is C#CCC(CC)NC(=O)c1cc(Cl)nnc1Cl. The molecule has 0 aliphatic heterocycles. The minimum atomic E-state index is -0.353. The van der Waals surface area contributed by atoms with Crippen LogP contribution in [0.4, 0.5) is 0 Å². The van der Waals surface area contributed by atoms with E-state index in [0.717, 1.165) is 6.42 Å². The first-order valence-corrected chi connectivity index (χ1v) is 5.77. The number of rotatable bonds is 4. The van der Waals surface area contributed by atoms with Gasteiger partial charge in [0.2, 0.25) is 0 Å². The van der Waals surface area contributed by atoms with E-state index >= 15 is 0 Å². The Balaban J connectivity index is 2.82. The van der Waals surface area contributed by atoms with E-state index in [-0.39, 0.29) is 27.8 Å². The molecule has 0 saturated heterocycles. The molecule has 17 heavy (non-hydrogen) atoms. The fraction of sp³-hybridized carbons (Fsp3) is 0.364. The van der Waals surface area contributed by atoms with Gasteiger partial charge in [-0.25, -0.2) is 0 Å². The lowest BCUT2D eigenvalue weighted by Gasteiger charge is -2.14. The molecule has 1 heterocycles. The predicted molar refractivity (Wildman–Crippen MR) is 67.0 cm³/mol. The molecule has 0 bridgehead atoms. The summed E-state index contributed by atoms with van der Waals surface area (Å²) in [5.41, 5.74) is 0.196. The Bertz CT molecular complexity index is 457. The van der Waals surface area contributed by atoms with E-state index < -0.39 is 0 Å².